The Morgan fingerprint density at radius 2 is 1.91 bits per heavy atom. The van der Waals surface area contributed by atoms with Crippen LogP contribution < -0.4 is 4.90 Å². The maximum atomic E-state index is 14.3. The van der Waals surface area contributed by atoms with Crippen LogP contribution in [0.25, 0.3) is 0 Å². The van der Waals surface area contributed by atoms with Crippen molar-refractivity contribution in [1.29, 1.82) is 0 Å². The van der Waals surface area contributed by atoms with Crippen molar-refractivity contribution >= 4 is 11.6 Å². The second kappa shape index (κ2) is 8.92. The van der Waals surface area contributed by atoms with Gasteiger partial charge in [-0.1, -0.05) is 46.1 Å². The van der Waals surface area contributed by atoms with Gasteiger partial charge >= 0.3 is 0 Å². The number of aryl methyl sites for hydroxylation is 1. The normalized spacial score (nSPS) is 13.7. The summed E-state index contributed by atoms with van der Waals surface area (Å²) in [5.74, 6) is -0.380. The number of rotatable bonds is 8. The Labute approximate surface area is 134 Å². The van der Waals surface area contributed by atoms with Crippen molar-refractivity contribution in [2.75, 3.05) is 4.90 Å². The molecule has 0 saturated carbocycles. The monoisotopic (exact) mass is 307 g/mol. The van der Waals surface area contributed by atoms with Gasteiger partial charge in [-0.3, -0.25) is 4.79 Å². The van der Waals surface area contributed by atoms with E-state index in [2.05, 4.69) is 6.92 Å². The number of nitrogens with zero attached hydrogens (tertiary/aromatic N) is 1. The number of benzene rings is 1. The standard InChI is InChI=1S/C19H30FNO/c1-6-8-9-10-16(5)21(19(22)15(4)7-2)18-13-14(3)11-12-17(18)20/h11-13,15-16H,6-10H2,1-5H3. The van der Waals surface area contributed by atoms with Gasteiger partial charge in [0, 0.05) is 12.0 Å². The summed E-state index contributed by atoms with van der Waals surface area (Å²) in [6, 6.07) is 5.00. The van der Waals surface area contributed by atoms with Gasteiger partial charge in [0.2, 0.25) is 5.91 Å². The first kappa shape index (κ1) is 18.7. The van der Waals surface area contributed by atoms with Crippen molar-refractivity contribution in [2.45, 2.75) is 72.8 Å². The Morgan fingerprint density at radius 3 is 2.50 bits per heavy atom. The van der Waals surface area contributed by atoms with E-state index < -0.39 is 0 Å². The Morgan fingerprint density at radius 1 is 1.23 bits per heavy atom. The fourth-order valence-electron chi connectivity index (χ4n) is 2.61. The Kier molecular flexibility index (Phi) is 7.57. The largest absolute Gasteiger partial charge is 0.307 e. The molecule has 0 bridgehead atoms. The summed E-state index contributed by atoms with van der Waals surface area (Å²) in [6.45, 7) is 10.0. The van der Waals surface area contributed by atoms with Crippen molar-refractivity contribution < 1.29 is 9.18 Å². The van der Waals surface area contributed by atoms with E-state index in [1.807, 2.05) is 27.7 Å². The van der Waals surface area contributed by atoms with E-state index in [4.69, 9.17) is 0 Å². The smallest absolute Gasteiger partial charge is 0.230 e. The molecule has 0 aliphatic rings. The fourth-order valence-corrected chi connectivity index (χ4v) is 2.61. The molecule has 0 aliphatic heterocycles. The minimum atomic E-state index is -0.315. The third-order valence-corrected chi connectivity index (χ3v) is 4.30. The summed E-state index contributed by atoms with van der Waals surface area (Å²) in [7, 11) is 0. The van der Waals surface area contributed by atoms with Gasteiger partial charge in [-0.2, -0.15) is 0 Å². The number of carbonyl (C=O) groups excluding carboxylic acids is 1. The highest BCUT2D eigenvalue weighted by Gasteiger charge is 2.27. The number of anilines is 1. The maximum absolute atomic E-state index is 14.3. The van der Waals surface area contributed by atoms with Crippen LogP contribution in [-0.4, -0.2) is 11.9 Å². The first-order valence-corrected chi connectivity index (χ1v) is 8.51. The van der Waals surface area contributed by atoms with E-state index in [1.165, 1.54) is 6.07 Å². The van der Waals surface area contributed by atoms with E-state index in [0.29, 0.717) is 5.69 Å². The van der Waals surface area contributed by atoms with Crippen LogP contribution in [0, 0.1) is 18.7 Å². The highest BCUT2D eigenvalue weighted by atomic mass is 19.1. The Balaban J connectivity index is 3.10. The lowest BCUT2D eigenvalue weighted by Crippen LogP contribution is -2.42. The Hall–Kier alpha value is -1.38. The molecule has 0 aliphatic carbocycles. The van der Waals surface area contributed by atoms with Crippen LogP contribution in [0.2, 0.25) is 0 Å². The average molecular weight is 307 g/mol. The molecule has 1 rings (SSSR count). The lowest BCUT2D eigenvalue weighted by molar-refractivity contribution is -0.122. The number of hydrogen-bond acceptors (Lipinski definition) is 1. The third-order valence-electron chi connectivity index (χ3n) is 4.30. The van der Waals surface area contributed by atoms with E-state index in [0.717, 1.165) is 37.7 Å². The van der Waals surface area contributed by atoms with Crippen molar-refractivity contribution in [3.8, 4) is 0 Å². The second-order valence-corrected chi connectivity index (χ2v) is 6.32. The van der Waals surface area contributed by atoms with Gasteiger partial charge in [0.1, 0.15) is 5.82 Å². The molecule has 2 nitrogen and oxygen atoms in total. The van der Waals surface area contributed by atoms with E-state index in [-0.39, 0.29) is 23.7 Å². The lowest BCUT2D eigenvalue weighted by Gasteiger charge is -2.32. The van der Waals surface area contributed by atoms with Gasteiger partial charge in [-0.25, -0.2) is 4.39 Å². The summed E-state index contributed by atoms with van der Waals surface area (Å²) in [5, 5.41) is 0. The van der Waals surface area contributed by atoms with Crippen LogP contribution in [0.5, 0.6) is 0 Å². The number of unbranched alkanes of at least 4 members (excludes halogenated alkanes) is 2. The summed E-state index contributed by atoms with van der Waals surface area (Å²) >= 11 is 0. The fraction of sp³-hybridized carbons (Fsp3) is 0.632. The minimum Gasteiger partial charge on any atom is -0.307 e. The van der Waals surface area contributed by atoms with Crippen LogP contribution in [0.3, 0.4) is 0 Å². The predicted octanol–water partition coefficient (Wildman–Crippen LogP) is 5.48. The van der Waals surface area contributed by atoms with Crippen LogP contribution in [0.1, 0.15) is 65.4 Å². The number of halogens is 1. The zero-order valence-corrected chi connectivity index (χ0v) is 14.7. The zero-order chi connectivity index (χ0) is 16.7. The van der Waals surface area contributed by atoms with Crippen molar-refractivity contribution in [3.63, 3.8) is 0 Å². The predicted molar refractivity (Wildman–Crippen MR) is 91.7 cm³/mol. The number of amides is 1. The molecule has 1 aromatic carbocycles. The molecule has 0 radical (unpaired) electrons. The van der Waals surface area contributed by atoms with E-state index >= 15 is 0 Å². The SMILES string of the molecule is CCCCCC(C)N(C(=O)C(C)CC)c1cc(C)ccc1F. The molecule has 2 unspecified atom stereocenters. The summed E-state index contributed by atoms with van der Waals surface area (Å²) in [6.07, 6.45) is 5.03. The molecular weight excluding hydrogens is 277 g/mol. The van der Waals surface area contributed by atoms with Crippen LogP contribution in [-0.2, 0) is 4.79 Å². The lowest BCUT2D eigenvalue weighted by atomic mass is 10.0. The zero-order valence-electron chi connectivity index (χ0n) is 14.7. The van der Waals surface area contributed by atoms with Crippen molar-refractivity contribution in [2.24, 2.45) is 5.92 Å². The van der Waals surface area contributed by atoms with Crippen LogP contribution in [0.15, 0.2) is 18.2 Å². The van der Waals surface area contributed by atoms with Gasteiger partial charge in [-0.15, -0.1) is 0 Å². The third kappa shape index (κ3) is 4.82. The van der Waals surface area contributed by atoms with Crippen molar-refractivity contribution in [3.05, 3.63) is 29.6 Å². The highest BCUT2D eigenvalue weighted by Crippen LogP contribution is 2.27. The van der Waals surface area contributed by atoms with Gasteiger partial charge in [0.15, 0.2) is 0 Å². The molecule has 0 saturated heterocycles. The number of carbonyl (C=O) groups is 1. The molecular formula is C19H30FNO. The second-order valence-electron chi connectivity index (χ2n) is 6.32. The van der Waals surface area contributed by atoms with E-state index in [1.54, 1.807) is 17.0 Å². The summed E-state index contributed by atoms with van der Waals surface area (Å²) in [4.78, 5) is 14.5. The molecule has 0 fully saturated rings. The molecule has 0 heterocycles. The quantitative estimate of drug-likeness (QED) is 0.582. The Bertz CT molecular complexity index is 486. The first-order chi connectivity index (χ1) is 10.4. The van der Waals surface area contributed by atoms with Gasteiger partial charge in [0.05, 0.1) is 5.69 Å². The maximum Gasteiger partial charge on any atom is 0.230 e. The molecule has 2 atom stereocenters. The van der Waals surface area contributed by atoms with Gasteiger partial charge in [-0.05, 0) is 44.4 Å². The average Bonchev–Trinajstić information content (AvgIpc) is 2.50. The molecule has 124 valence electrons. The minimum absolute atomic E-state index is 0.0179. The topological polar surface area (TPSA) is 20.3 Å². The van der Waals surface area contributed by atoms with Crippen LogP contribution >= 0.6 is 0 Å². The van der Waals surface area contributed by atoms with Gasteiger partial charge in [0.25, 0.3) is 0 Å². The highest BCUT2D eigenvalue weighted by molar-refractivity contribution is 5.95. The molecule has 1 amide bonds. The molecule has 22 heavy (non-hydrogen) atoms. The van der Waals surface area contributed by atoms with Crippen LogP contribution in [0.4, 0.5) is 10.1 Å². The van der Waals surface area contributed by atoms with E-state index in [9.17, 15) is 9.18 Å². The molecule has 0 aromatic heterocycles. The molecule has 0 N–H and O–H groups in total. The first-order valence-electron chi connectivity index (χ1n) is 8.51. The summed E-state index contributed by atoms with van der Waals surface area (Å²) in [5.41, 5.74) is 1.40. The van der Waals surface area contributed by atoms with Crippen molar-refractivity contribution in [1.82, 2.24) is 0 Å². The molecule has 3 heteroatoms. The molecule has 1 aromatic rings. The molecule has 0 spiro atoms. The van der Waals surface area contributed by atoms with Gasteiger partial charge < -0.3 is 4.90 Å². The number of hydrogen-bond donors (Lipinski definition) is 0. The summed E-state index contributed by atoms with van der Waals surface area (Å²) < 4.78 is 14.3.